The van der Waals surface area contributed by atoms with Gasteiger partial charge in [0.15, 0.2) is 0 Å². The third-order valence-corrected chi connectivity index (χ3v) is 1.85. The van der Waals surface area contributed by atoms with E-state index >= 15 is 0 Å². The van der Waals surface area contributed by atoms with Gasteiger partial charge in [-0.15, -0.1) is 0 Å². The first-order chi connectivity index (χ1) is 6.91. The van der Waals surface area contributed by atoms with Crippen molar-refractivity contribution in [1.82, 2.24) is 0 Å². The van der Waals surface area contributed by atoms with Crippen molar-refractivity contribution < 1.29 is 23.8 Å². The molecule has 1 aromatic carbocycles. The molecule has 0 heterocycles. The molecule has 0 fully saturated rings. The number of carboxylic acids is 1. The molecule has 0 amide bonds. The summed E-state index contributed by atoms with van der Waals surface area (Å²) in [5.74, 6) is -3.90. The van der Waals surface area contributed by atoms with Crippen molar-refractivity contribution in [2.24, 2.45) is 0 Å². The lowest BCUT2D eigenvalue weighted by molar-refractivity contribution is 0.0686. The minimum atomic E-state index is -1.64. The van der Waals surface area contributed by atoms with E-state index in [-0.39, 0.29) is 12.0 Å². The number of aliphatic hydroxyl groups excluding tert-OH is 1. The quantitative estimate of drug-likeness (QED) is 0.806. The van der Waals surface area contributed by atoms with Gasteiger partial charge in [0.2, 0.25) is 0 Å². The van der Waals surface area contributed by atoms with Crippen molar-refractivity contribution in [3.8, 4) is 0 Å². The smallest absolute Gasteiger partial charge is 0.341 e. The van der Waals surface area contributed by atoms with Gasteiger partial charge < -0.3 is 10.2 Å². The SMILES string of the molecule is CC(O)Cc1cc(F)c(C(=O)O)c(F)c1. The fraction of sp³-hybridized carbons (Fsp3) is 0.300. The second kappa shape index (κ2) is 4.35. The van der Waals surface area contributed by atoms with Gasteiger partial charge in [0.05, 0.1) is 6.10 Å². The van der Waals surface area contributed by atoms with E-state index in [4.69, 9.17) is 10.2 Å². The summed E-state index contributed by atoms with van der Waals surface area (Å²) in [7, 11) is 0. The Morgan fingerprint density at radius 3 is 2.20 bits per heavy atom. The summed E-state index contributed by atoms with van der Waals surface area (Å²) >= 11 is 0. The summed E-state index contributed by atoms with van der Waals surface area (Å²) < 4.78 is 26.2. The maximum atomic E-state index is 13.1. The molecule has 0 bridgehead atoms. The van der Waals surface area contributed by atoms with Crippen LogP contribution in [0.25, 0.3) is 0 Å². The number of carbonyl (C=O) groups is 1. The minimum Gasteiger partial charge on any atom is -0.477 e. The summed E-state index contributed by atoms with van der Waals surface area (Å²) in [6.45, 7) is 1.47. The molecule has 0 saturated carbocycles. The fourth-order valence-corrected chi connectivity index (χ4v) is 1.29. The maximum absolute atomic E-state index is 13.1. The van der Waals surface area contributed by atoms with Gasteiger partial charge in [0.1, 0.15) is 17.2 Å². The predicted octanol–water partition coefficient (Wildman–Crippen LogP) is 1.59. The average molecular weight is 216 g/mol. The number of halogens is 2. The van der Waals surface area contributed by atoms with Gasteiger partial charge in [-0.3, -0.25) is 0 Å². The highest BCUT2D eigenvalue weighted by Gasteiger charge is 2.17. The number of hydrogen-bond donors (Lipinski definition) is 2. The molecule has 3 nitrogen and oxygen atoms in total. The standard InChI is InChI=1S/C10H10F2O3/c1-5(13)2-6-3-7(11)9(10(14)15)8(12)4-6/h3-5,13H,2H2,1H3,(H,14,15). The van der Waals surface area contributed by atoms with Crippen LogP contribution >= 0.6 is 0 Å². The van der Waals surface area contributed by atoms with Gasteiger partial charge in [-0.25, -0.2) is 13.6 Å². The van der Waals surface area contributed by atoms with Crippen LogP contribution in [0.15, 0.2) is 12.1 Å². The van der Waals surface area contributed by atoms with Crippen molar-refractivity contribution in [3.05, 3.63) is 34.9 Å². The highest BCUT2D eigenvalue weighted by atomic mass is 19.1. The zero-order chi connectivity index (χ0) is 11.6. The molecule has 0 saturated heterocycles. The zero-order valence-electron chi connectivity index (χ0n) is 8.00. The lowest BCUT2D eigenvalue weighted by atomic mass is 10.1. The Labute approximate surface area is 85.0 Å². The van der Waals surface area contributed by atoms with E-state index in [9.17, 15) is 13.6 Å². The lowest BCUT2D eigenvalue weighted by Crippen LogP contribution is -2.09. The van der Waals surface area contributed by atoms with Gasteiger partial charge in [-0.05, 0) is 31.0 Å². The Bertz CT molecular complexity index is 365. The van der Waals surface area contributed by atoms with Crippen LogP contribution in [0.1, 0.15) is 22.8 Å². The highest BCUT2D eigenvalue weighted by molar-refractivity contribution is 5.88. The summed E-state index contributed by atoms with van der Waals surface area (Å²) in [5.41, 5.74) is -0.741. The molecule has 1 unspecified atom stereocenters. The second-order valence-electron chi connectivity index (χ2n) is 3.29. The maximum Gasteiger partial charge on any atom is 0.341 e. The number of hydrogen-bond acceptors (Lipinski definition) is 2. The van der Waals surface area contributed by atoms with Crippen molar-refractivity contribution in [2.75, 3.05) is 0 Å². The van der Waals surface area contributed by atoms with Gasteiger partial charge in [-0.1, -0.05) is 0 Å². The van der Waals surface area contributed by atoms with E-state index in [1.165, 1.54) is 6.92 Å². The van der Waals surface area contributed by atoms with Gasteiger partial charge in [-0.2, -0.15) is 0 Å². The molecule has 15 heavy (non-hydrogen) atoms. The first-order valence-electron chi connectivity index (χ1n) is 4.31. The van der Waals surface area contributed by atoms with Crippen molar-refractivity contribution in [3.63, 3.8) is 0 Å². The molecule has 1 atom stereocenters. The molecule has 82 valence electrons. The molecule has 0 aliphatic heterocycles. The monoisotopic (exact) mass is 216 g/mol. The van der Waals surface area contributed by atoms with Crippen LogP contribution < -0.4 is 0 Å². The van der Waals surface area contributed by atoms with Gasteiger partial charge >= 0.3 is 5.97 Å². The molecule has 0 radical (unpaired) electrons. The average Bonchev–Trinajstić information content (AvgIpc) is 1.99. The molecule has 0 aromatic heterocycles. The molecule has 5 heteroatoms. The number of aromatic carboxylic acids is 1. The molecule has 0 aliphatic rings. The topological polar surface area (TPSA) is 57.5 Å². The number of benzene rings is 1. The summed E-state index contributed by atoms with van der Waals surface area (Å²) in [6.07, 6.45) is -0.659. The molecule has 1 rings (SSSR count). The Morgan fingerprint density at radius 2 is 1.87 bits per heavy atom. The fourth-order valence-electron chi connectivity index (χ4n) is 1.29. The third kappa shape index (κ3) is 2.73. The molecular formula is C10H10F2O3. The van der Waals surface area contributed by atoms with Crippen LogP contribution in [0.2, 0.25) is 0 Å². The zero-order valence-corrected chi connectivity index (χ0v) is 8.00. The highest BCUT2D eigenvalue weighted by Crippen LogP contribution is 2.16. The summed E-state index contributed by atoms with van der Waals surface area (Å²) in [5, 5.41) is 17.5. The van der Waals surface area contributed by atoms with Crippen molar-refractivity contribution in [1.29, 1.82) is 0 Å². The van der Waals surface area contributed by atoms with Crippen molar-refractivity contribution in [2.45, 2.75) is 19.4 Å². The Balaban J connectivity index is 3.14. The minimum absolute atomic E-state index is 0.0771. The van der Waals surface area contributed by atoms with Crippen LogP contribution in [0.5, 0.6) is 0 Å². The van der Waals surface area contributed by atoms with Crippen LogP contribution in [-0.4, -0.2) is 22.3 Å². The summed E-state index contributed by atoms with van der Waals surface area (Å²) in [4.78, 5) is 10.4. The largest absolute Gasteiger partial charge is 0.477 e. The van der Waals surface area contributed by atoms with Crippen LogP contribution in [0, 0.1) is 11.6 Å². The molecule has 0 spiro atoms. The van der Waals surface area contributed by atoms with Crippen LogP contribution in [-0.2, 0) is 6.42 Å². The van der Waals surface area contributed by atoms with Crippen LogP contribution in [0.3, 0.4) is 0 Å². The Hall–Kier alpha value is -1.49. The first kappa shape index (κ1) is 11.6. The normalized spacial score (nSPS) is 12.5. The Morgan fingerprint density at radius 1 is 1.40 bits per heavy atom. The Kier molecular flexibility index (Phi) is 3.36. The molecule has 1 aromatic rings. The summed E-state index contributed by atoms with van der Waals surface area (Å²) in [6, 6.07) is 1.83. The van der Waals surface area contributed by atoms with Gasteiger partial charge in [0, 0.05) is 0 Å². The van der Waals surface area contributed by atoms with E-state index < -0.39 is 29.3 Å². The molecular weight excluding hydrogens is 206 g/mol. The predicted molar refractivity (Wildman–Crippen MR) is 48.7 cm³/mol. The lowest BCUT2D eigenvalue weighted by Gasteiger charge is -2.06. The van der Waals surface area contributed by atoms with E-state index in [1.807, 2.05) is 0 Å². The number of rotatable bonds is 3. The van der Waals surface area contributed by atoms with Gasteiger partial charge in [0.25, 0.3) is 0 Å². The first-order valence-corrected chi connectivity index (χ1v) is 4.31. The molecule has 0 aliphatic carbocycles. The molecule has 2 N–H and O–H groups in total. The number of aliphatic hydroxyl groups is 1. The van der Waals surface area contributed by atoms with Crippen LogP contribution in [0.4, 0.5) is 8.78 Å². The number of carboxylic acid groups (broad SMARTS) is 1. The second-order valence-corrected chi connectivity index (χ2v) is 3.29. The van der Waals surface area contributed by atoms with E-state index in [0.29, 0.717) is 0 Å². The van der Waals surface area contributed by atoms with E-state index in [0.717, 1.165) is 12.1 Å². The van der Waals surface area contributed by atoms with Crippen molar-refractivity contribution >= 4 is 5.97 Å². The van der Waals surface area contributed by atoms with E-state index in [2.05, 4.69) is 0 Å². The third-order valence-electron chi connectivity index (χ3n) is 1.85. The van der Waals surface area contributed by atoms with E-state index in [1.54, 1.807) is 0 Å².